The number of halogens is 1. The van der Waals surface area contributed by atoms with Gasteiger partial charge in [-0.05, 0) is 55.3 Å². The number of non-ortho nitro benzene ring substituents is 1. The molecule has 0 fully saturated rings. The minimum Gasteiger partial charge on any atom is -0.463 e. The second kappa shape index (κ2) is 9.24. The Hall–Kier alpha value is -3.37. The molecule has 0 saturated heterocycles. The molecule has 0 radical (unpaired) electrons. The Balaban J connectivity index is 1.92. The third-order valence-corrected chi connectivity index (χ3v) is 6.58. The molecule has 2 heterocycles. The SMILES string of the molecule is CCOC(=O)C1=C(C)n2c(s/c(=C\c3cccc(Br)c3)c2=O)=N[C@@H]1c1ccc([N+](=O)[O-])cc1. The van der Waals surface area contributed by atoms with Crippen molar-refractivity contribution in [3.05, 3.63) is 99.5 Å². The molecule has 168 valence electrons. The zero-order valence-corrected chi connectivity index (χ0v) is 20.1. The van der Waals surface area contributed by atoms with E-state index in [1.54, 1.807) is 32.1 Å². The molecule has 0 bridgehead atoms. The summed E-state index contributed by atoms with van der Waals surface area (Å²) in [5.41, 5.74) is 1.75. The average molecular weight is 528 g/mol. The van der Waals surface area contributed by atoms with Crippen LogP contribution in [0, 0.1) is 10.1 Å². The fraction of sp³-hybridized carbons (Fsp3) is 0.174. The first-order valence-electron chi connectivity index (χ1n) is 9.99. The molecule has 3 aromatic rings. The molecule has 0 N–H and O–H groups in total. The number of hydrogen-bond acceptors (Lipinski definition) is 7. The highest BCUT2D eigenvalue weighted by Gasteiger charge is 2.31. The van der Waals surface area contributed by atoms with Crippen LogP contribution in [0.3, 0.4) is 0 Å². The zero-order chi connectivity index (χ0) is 23.7. The number of rotatable bonds is 5. The monoisotopic (exact) mass is 527 g/mol. The molecular formula is C23H18BrN3O5S. The van der Waals surface area contributed by atoms with Crippen LogP contribution in [0.5, 0.6) is 0 Å². The van der Waals surface area contributed by atoms with Crippen molar-refractivity contribution in [3.63, 3.8) is 0 Å². The standard InChI is InChI=1S/C23H18BrN3O5S/c1-3-32-22(29)19-13(2)26-21(28)18(12-14-5-4-6-16(24)11-14)33-23(26)25-20(19)15-7-9-17(10-8-15)27(30)31/h4-12,20H,3H2,1-2H3/b18-12-/t20-/m1/s1. The van der Waals surface area contributed by atoms with Gasteiger partial charge in [0.15, 0.2) is 4.80 Å². The van der Waals surface area contributed by atoms with E-state index in [2.05, 4.69) is 20.9 Å². The van der Waals surface area contributed by atoms with Crippen LogP contribution in [0.25, 0.3) is 11.8 Å². The van der Waals surface area contributed by atoms with Gasteiger partial charge in [-0.2, -0.15) is 0 Å². The Morgan fingerprint density at radius 2 is 2.03 bits per heavy atom. The summed E-state index contributed by atoms with van der Waals surface area (Å²) in [6.07, 6.45) is 1.77. The van der Waals surface area contributed by atoms with Crippen molar-refractivity contribution >= 4 is 50.7 Å². The van der Waals surface area contributed by atoms with E-state index in [4.69, 9.17) is 4.74 Å². The van der Waals surface area contributed by atoms with Crippen LogP contribution in [0.1, 0.15) is 31.0 Å². The summed E-state index contributed by atoms with van der Waals surface area (Å²) in [6, 6.07) is 12.7. The van der Waals surface area contributed by atoms with Crippen molar-refractivity contribution in [3.8, 4) is 0 Å². The van der Waals surface area contributed by atoms with Crippen LogP contribution in [0.2, 0.25) is 0 Å². The molecule has 1 atom stereocenters. The summed E-state index contributed by atoms with van der Waals surface area (Å²) in [5.74, 6) is -0.580. The van der Waals surface area contributed by atoms with E-state index in [9.17, 15) is 19.7 Å². The molecule has 10 heteroatoms. The predicted molar refractivity (Wildman–Crippen MR) is 128 cm³/mol. The van der Waals surface area contributed by atoms with E-state index in [-0.39, 0.29) is 23.4 Å². The number of hydrogen-bond donors (Lipinski definition) is 0. The van der Waals surface area contributed by atoms with E-state index >= 15 is 0 Å². The number of nitro groups is 1. The second-order valence-electron chi connectivity index (χ2n) is 7.19. The number of thiazole rings is 1. The number of esters is 1. The molecule has 0 unspecified atom stereocenters. The topological polar surface area (TPSA) is 104 Å². The molecule has 0 amide bonds. The maximum absolute atomic E-state index is 13.2. The Morgan fingerprint density at radius 3 is 2.67 bits per heavy atom. The van der Waals surface area contributed by atoms with Crippen molar-refractivity contribution in [1.82, 2.24) is 4.57 Å². The number of fused-ring (bicyclic) bond motifs is 1. The van der Waals surface area contributed by atoms with Gasteiger partial charge in [0.1, 0.15) is 6.04 Å². The lowest BCUT2D eigenvalue weighted by Crippen LogP contribution is -2.35. The summed E-state index contributed by atoms with van der Waals surface area (Å²) in [7, 11) is 0. The summed E-state index contributed by atoms with van der Waals surface area (Å²) in [4.78, 5) is 41.7. The molecule has 0 aliphatic carbocycles. The van der Waals surface area contributed by atoms with Gasteiger partial charge in [0.2, 0.25) is 0 Å². The van der Waals surface area contributed by atoms with Crippen molar-refractivity contribution < 1.29 is 14.5 Å². The van der Waals surface area contributed by atoms with Gasteiger partial charge in [-0.15, -0.1) is 0 Å². The quantitative estimate of drug-likeness (QED) is 0.286. The lowest BCUT2D eigenvalue weighted by atomic mass is 9.96. The number of nitro benzene ring substituents is 1. The van der Waals surface area contributed by atoms with Crippen molar-refractivity contribution in [2.75, 3.05) is 6.61 Å². The summed E-state index contributed by atoms with van der Waals surface area (Å²) in [5, 5.41) is 11.0. The van der Waals surface area contributed by atoms with Gasteiger partial charge in [-0.1, -0.05) is 39.4 Å². The van der Waals surface area contributed by atoms with Crippen LogP contribution >= 0.6 is 27.3 Å². The Bertz CT molecular complexity index is 1470. The molecular weight excluding hydrogens is 510 g/mol. The summed E-state index contributed by atoms with van der Waals surface area (Å²) < 4.78 is 8.03. The molecule has 0 saturated carbocycles. The largest absolute Gasteiger partial charge is 0.463 e. The molecule has 33 heavy (non-hydrogen) atoms. The van der Waals surface area contributed by atoms with Gasteiger partial charge < -0.3 is 4.74 Å². The van der Waals surface area contributed by atoms with Crippen LogP contribution in [0.15, 0.2) is 68.4 Å². The second-order valence-corrected chi connectivity index (χ2v) is 9.11. The van der Waals surface area contributed by atoms with E-state index in [0.29, 0.717) is 20.6 Å². The van der Waals surface area contributed by atoms with Crippen LogP contribution in [-0.2, 0) is 9.53 Å². The van der Waals surface area contributed by atoms with Gasteiger partial charge in [0.25, 0.3) is 11.2 Å². The number of aromatic nitrogens is 1. The highest BCUT2D eigenvalue weighted by molar-refractivity contribution is 9.10. The summed E-state index contributed by atoms with van der Waals surface area (Å²) >= 11 is 4.65. The van der Waals surface area contributed by atoms with E-state index in [1.807, 2.05) is 24.3 Å². The van der Waals surface area contributed by atoms with Crippen LogP contribution < -0.4 is 14.9 Å². The Kier molecular flexibility index (Phi) is 6.39. The number of nitrogens with zero attached hydrogens (tertiary/aromatic N) is 3. The van der Waals surface area contributed by atoms with Crippen molar-refractivity contribution in [2.24, 2.45) is 4.99 Å². The molecule has 1 aliphatic heterocycles. The minimum atomic E-state index is -0.748. The Labute approximate surface area is 200 Å². The molecule has 0 spiro atoms. The van der Waals surface area contributed by atoms with Gasteiger partial charge in [-0.3, -0.25) is 19.5 Å². The fourth-order valence-corrected chi connectivity index (χ4v) is 5.04. The lowest BCUT2D eigenvalue weighted by Gasteiger charge is -2.22. The molecule has 1 aromatic heterocycles. The number of carbonyl (C=O) groups excluding carboxylic acids is 1. The maximum Gasteiger partial charge on any atom is 0.338 e. The van der Waals surface area contributed by atoms with Gasteiger partial charge >= 0.3 is 5.97 Å². The third-order valence-electron chi connectivity index (χ3n) is 5.11. The highest BCUT2D eigenvalue weighted by atomic mass is 79.9. The Morgan fingerprint density at radius 1 is 1.30 bits per heavy atom. The fourth-order valence-electron chi connectivity index (χ4n) is 3.58. The van der Waals surface area contributed by atoms with Crippen molar-refractivity contribution in [1.29, 1.82) is 0 Å². The smallest absolute Gasteiger partial charge is 0.338 e. The van der Waals surface area contributed by atoms with Gasteiger partial charge in [0, 0.05) is 22.3 Å². The highest BCUT2D eigenvalue weighted by Crippen LogP contribution is 2.33. The molecule has 2 aromatic carbocycles. The normalized spacial score (nSPS) is 15.7. The number of carbonyl (C=O) groups is 1. The van der Waals surface area contributed by atoms with Gasteiger partial charge in [0.05, 0.1) is 21.6 Å². The van der Waals surface area contributed by atoms with Crippen molar-refractivity contribution in [2.45, 2.75) is 19.9 Å². The first-order valence-corrected chi connectivity index (χ1v) is 11.6. The first-order chi connectivity index (χ1) is 15.8. The number of allylic oxidation sites excluding steroid dienone is 1. The van der Waals surface area contributed by atoms with Crippen LogP contribution in [-0.4, -0.2) is 22.1 Å². The maximum atomic E-state index is 13.2. The molecule has 8 nitrogen and oxygen atoms in total. The average Bonchev–Trinajstić information content (AvgIpc) is 3.09. The summed E-state index contributed by atoms with van der Waals surface area (Å²) in [6.45, 7) is 3.54. The minimum absolute atomic E-state index is 0.0631. The van der Waals surface area contributed by atoms with Crippen LogP contribution in [0.4, 0.5) is 5.69 Å². The lowest BCUT2D eigenvalue weighted by molar-refractivity contribution is -0.384. The predicted octanol–water partition coefficient (Wildman–Crippen LogP) is 3.58. The molecule has 4 rings (SSSR count). The third kappa shape index (κ3) is 4.44. The van der Waals surface area contributed by atoms with E-state index in [0.717, 1.165) is 10.0 Å². The number of benzene rings is 2. The van der Waals surface area contributed by atoms with E-state index < -0.39 is 16.9 Å². The van der Waals surface area contributed by atoms with E-state index in [1.165, 1.54) is 28.0 Å². The number of ether oxygens (including phenoxy) is 1. The van der Waals surface area contributed by atoms with Gasteiger partial charge in [-0.25, -0.2) is 9.79 Å². The molecule has 1 aliphatic rings. The first kappa shape index (κ1) is 22.8. The zero-order valence-electron chi connectivity index (χ0n) is 17.6.